The van der Waals surface area contributed by atoms with Crippen LogP contribution in [0.2, 0.25) is 0 Å². The second-order valence-corrected chi connectivity index (χ2v) is 6.22. The molecule has 0 radical (unpaired) electrons. The van der Waals surface area contributed by atoms with E-state index in [1.165, 1.54) is 26.0 Å². The molecule has 0 atom stereocenters. The predicted molar refractivity (Wildman–Crippen MR) is 79.0 cm³/mol. The fourth-order valence-corrected chi connectivity index (χ4v) is 3.21. The van der Waals surface area contributed by atoms with Crippen LogP contribution in [0.15, 0.2) is 17.0 Å². The highest BCUT2D eigenvalue weighted by Gasteiger charge is 2.34. The van der Waals surface area contributed by atoms with Gasteiger partial charge >= 0.3 is 0 Å². The van der Waals surface area contributed by atoms with Crippen molar-refractivity contribution in [3.05, 3.63) is 33.4 Å². The van der Waals surface area contributed by atoms with Gasteiger partial charge in [0.1, 0.15) is 0 Å². The molecule has 126 valence electrons. The maximum absolute atomic E-state index is 13.1. The van der Waals surface area contributed by atoms with Crippen LogP contribution in [0.1, 0.15) is 11.1 Å². The molecule has 0 unspecified atom stereocenters. The molecule has 11 heteroatoms. The zero-order chi connectivity index (χ0) is 16.4. The zero-order valence-electron chi connectivity index (χ0n) is 11.8. The molecule has 0 saturated heterocycles. The minimum Gasteiger partial charge on any atom is -0.325 e. The fourth-order valence-electron chi connectivity index (χ4n) is 1.68. The van der Waals surface area contributed by atoms with Gasteiger partial charge in [-0.1, -0.05) is 12.1 Å². The van der Waals surface area contributed by atoms with Crippen molar-refractivity contribution in [3.8, 4) is 0 Å². The summed E-state index contributed by atoms with van der Waals surface area (Å²) < 4.78 is 52.0. The number of aryl methyl sites for hydroxylation is 2. The first-order valence-corrected chi connectivity index (χ1v) is 7.32. The number of halogens is 3. The van der Waals surface area contributed by atoms with E-state index in [0.717, 1.165) is 0 Å². The van der Waals surface area contributed by atoms with E-state index in [2.05, 4.69) is 0 Å². The van der Waals surface area contributed by atoms with Crippen LogP contribution in [0.5, 0.6) is 0 Å². The lowest BCUT2D eigenvalue weighted by Gasteiger charge is -2.16. The summed E-state index contributed by atoms with van der Waals surface area (Å²) in [5.41, 5.74) is 4.40. The summed E-state index contributed by atoms with van der Waals surface area (Å²) in [4.78, 5) is 9.58. The van der Waals surface area contributed by atoms with E-state index in [1.807, 2.05) is 0 Å². The molecule has 1 aromatic rings. The third kappa shape index (κ3) is 4.57. The number of hydrogen-bond donors (Lipinski definition) is 2. The molecular formula is C11H16ClF2N3O4S. The molecule has 0 aliphatic heterocycles. The Morgan fingerprint density at radius 1 is 1.32 bits per heavy atom. The number of nitrogens with one attached hydrogen (secondary N) is 1. The highest BCUT2D eigenvalue weighted by molar-refractivity contribution is 7.89. The van der Waals surface area contributed by atoms with Crippen LogP contribution in [0.3, 0.4) is 0 Å². The Morgan fingerprint density at radius 3 is 2.27 bits per heavy atom. The van der Waals surface area contributed by atoms with Gasteiger partial charge in [-0.05, 0) is 19.4 Å². The van der Waals surface area contributed by atoms with Gasteiger partial charge in [0.25, 0.3) is 11.6 Å². The van der Waals surface area contributed by atoms with Crippen LogP contribution >= 0.6 is 12.4 Å². The van der Waals surface area contributed by atoms with Gasteiger partial charge in [-0.2, -0.15) is 0 Å². The standard InChI is InChI=1S/C11H15F2N3O4S.ClH/c1-7-3-4-8(2)10(9(7)16(17)18)21(19,20)15-6-11(12,13)5-14;/h3-4,15H,5-6,14H2,1-2H3;1H. The Hall–Kier alpha value is -1.36. The van der Waals surface area contributed by atoms with Gasteiger partial charge in [0.05, 0.1) is 18.0 Å². The Bertz CT molecular complexity index is 668. The quantitative estimate of drug-likeness (QED) is 0.590. The minimum atomic E-state index is -4.46. The van der Waals surface area contributed by atoms with Gasteiger partial charge in [-0.3, -0.25) is 10.1 Å². The van der Waals surface area contributed by atoms with Crippen molar-refractivity contribution >= 4 is 28.1 Å². The third-order valence-electron chi connectivity index (χ3n) is 2.80. The minimum absolute atomic E-state index is 0. The molecule has 3 N–H and O–H groups in total. The van der Waals surface area contributed by atoms with E-state index in [-0.39, 0.29) is 23.5 Å². The van der Waals surface area contributed by atoms with Crippen LogP contribution in [0, 0.1) is 24.0 Å². The van der Waals surface area contributed by atoms with Crippen molar-refractivity contribution in [2.24, 2.45) is 5.73 Å². The van der Waals surface area contributed by atoms with Gasteiger partial charge in [0, 0.05) is 5.56 Å². The zero-order valence-corrected chi connectivity index (χ0v) is 13.4. The molecule has 0 fully saturated rings. The van der Waals surface area contributed by atoms with Gasteiger partial charge in [0.15, 0.2) is 4.90 Å². The van der Waals surface area contributed by atoms with Crippen molar-refractivity contribution in [2.45, 2.75) is 24.7 Å². The monoisotopic (exact) mass is 359 g/mol. The van der Waals surface area contributed by atoms with Gasteiger partial charge in [-0.15, -0.1) is 12.4 Å². The number of nitrogens with zero attached hydrogens (tertiary/aromatic N) is 1. The largest absolute Gasteiger partial charge is 0.325 e. The van der Waals surface area contributed by atoms with Crippen LogP contribution in [0.4, 0.5) is 14.5 Å². The lowest BCUT2D eigenvalue weighted by molar-refractivity contribution is -0.388. The summed E-state index contributed by atoms with van der Waals surface area (Å²) in [5.74, 6) is -3.43. The number of hydrogen-bond acceptors (Lipinski definition) is 5. The molecule has 22 heavy (non-hydrogen) atoms. The van der Waals surface area contributed by atoms with E-state index in [4.69, 9.17) is 5.73 Å². The lowest BCUT2D eigenvalue weighted by atomic mass is 10.1. The van der Waals surface area contributed by atoms with E-state index < -0.39 is 44.5 Å². The number of alkyl halides is 2. The number of rotatable bonds is 6. The number of benzene rings is 1. The number of nitro benzene ring substituents is 1. The molecule has 0 heterocycles. The summed E-state index contributed by atoms with van der Waals surface area (Å²) in [5, 5.41) is 11.0. The molecule has 0 aromatic heterocycles. The Labute approximate surface area is 132 Å². The Balaban J connectivity index is 0.00000441. The van der Waals surface area contributed by atoms with Crippen molar-refractivity contribution < 1.29 is 22.1 Å². The smallest absolute Gasteiger partial charge is 0.292 e. The summed E-state index contributed by atoms with van der Waals surface area (Å²) in [7, 11) is -4.46. The first kappa shape index (κ1) is 20.6. The number of nitrogens with two attached hydrogens (primary N) is 1. The highest BCUT2D eigenvalue weighted by Crippen LogP contribution is 2.30. The predicted octanol–water partition coefficient (Wildman–Crippen LogP) is 1.51. The maximum Gasteiger partial charge on any atom is 0.292 e. The first-order valence-electron chi connectivity index (χ1n) is 5.84. The van der Waals surface area contributed by atoms with Crippen molar-refractivity contribution in [1.29, 1.82) is 0 Å². The maximum atomic E-state index is 13.1. The number of sulfonamides is 1. The van der Waals surface area contributed by atoms with Crippen LogP contribution in [-0.4, -0.2) is 32.4 Å². The summed E-state index contributed by atoms with van der Waals surface area (Å²) in [6.45, 7) is 0.452. The van der Waals surface area contributed by atoms with Gasteiger partial charge in [-0.25, -0.2) is 21.9 Å². The van der Waals surface area contributed by atoms with Crippen LogP contribution in [0.25, 0.3) is 0 Å². The Kier molecular flexibility index (Phi) is 6.82. The lowest BCUT2D eigenvalue weighted by Crippen LogP contribution is -2.41. The molecule has 0 saturated carbocycles. The molecule has 1 aromatic carbocycles. The van der Waals surface area contributed by atoms with Crippen molar-refractivity contribution in [1.82, 2.24) is 4.72 Å². The molecule has 0 spiro atoms. The first-order chi connectivity index (χ1) is 9.52. The second kappa shape index (κ2) is 7.27. The summed E-state index contributed by atoms with van der Waals surface area (Å²) in [6, 6.07) is 2.76. The molecule has 0 aliphatic carbocycles. The molecule has 0 amide bonds. The SMILES string of the molecule is Cc1ccc(C)c(S(=O)(=O)NCC(F)(F)CN)c1[N+](=O)[O-].Cl. The van der Waals surface area contributed by atoms with Gasteiger partial charge < -0.3 is 5.73 Å². The summed E-state index contributed by atoms with van der Waals surface area (Å²) >= 11 is 0. The molecule has 1 rings (SSSR count). The topological polar surface area (TPSA) is 115 Å². The molecular weight excluding hydrogens is 344 g/mol. The van der Waals surface area contributed by atoms with Gasteiger partial charge in [0.2, 0.25) is 10.0 Å². The summed E-state index contributed by atoms with van der Waals surface area (Å²) in [6.07, 6.45) is 0. The third-order valence-corrected chi connectivity index (χ3v) is 4.38. The molecule has 0 aliphatic rings. The molecule has 7 nitrogen and oxygen atoms in total. The van der Waals surface area contributed by atoms with Crippen molar-refractivity contribution in [3.63, 3.8) is 0 Å². The van der Waals surface area contributed by atoms with Crippen molar-refractivity contribution in [2.75, 3.05) is 13.1 Å². The average Bonchev–Trinajstić information content (AvgIpc) is 2.38. The van der Waals surface area contributed by atoms with Crippen LogP contribution < -0.4 is 10.5 Å². The fraction of sp³-hybridized carbons (Fsp3) is 0.455. The Morgan fingerprint density at radius 2 is 1.82 bits per heavy atom. The van der Waals surface area contributed by atoms with E-state index >= 15 is 0 Å². The number of nitro groups is 1. The van der Waals surface area contributed by atoms with E-state index in [0.29, 0.717) is 0 Å². The average molecular weight is 360 g/mol. The van der Waals surface area contributed by atoms with E-state index in [9.17, 15) is 27.3 Å². The van der Waals surface area contributed by atoms with E-state index in [1.54, 1.807) is 4.72 Å². The highest BCUT2D eigenvalue weighted by atomic mass is 35.5. The van der Waals surface area contributed by atoms with Crippen LogP contribution in [-0.2, 0) is 10.0 Å². The second-order valence-electron chi connectivity index (χ2n) is 4.52. The molecule has 0 bridgehead atoms. The normalized spacial score (nSPS) is 11.9.